The molecule has 1 aromatic carbocycles. The predicted octanol–water partition coefficient (Wildman–Crippen LogP) is 1.94. The van der Waals surface area contributed by atoms with E-state index in [0.29, 0.717) is 24.8 Å². The molecule has 112 valence electrons. The van der Waals surface area contributed by atoms with E-state index in [4.69, 9.17) is 21.1 Å². The number of hydrogen-bond donors (Lipinski definition) is 1. The van der Waals surface area contributed by atoms with Gasteiger partial charge in [0.15, 0.2) is 0 Å². The number of aliphatic hydroxyl groups excluding tert-OH is 1. The van der Waals surface area contributed by atoms with E-state index in [9.17, 15) is 5.11 Å². The Labute approximate surface area is 125 Å². The molecule has 1 unspecified atom stereocenters. The molecule has 1 aliphatic heterocycles. The van der Waals surface area contributed by atoms with Crippen LogP contribution in [0.2, 0.25) is 5.02 Å². The zero-order valence-electron chi connectivity index (χ0n) is 11.6. The third kappa shape index (κ3) is 5.38. The fourth-order valence-electron chi connectivity index (χ4n) is 2.25. The molecule has 0 spiro atoms. The van der Waals surface area contributed by atoms with Crippen molar-refractivity contribution in [3.8, 4) is 0 Å². The molecule has 0 radical (unpaired) electrons. The lowest BCUT2D eigenvalue weighted by Crippen LogP contribution is -2.36. The maximum absolute atomic E-state index is 10.0. The van der Waals surface area contributed by atoms with Crippen LogP contribution in [0.4, 0.5) is 0 Å². The molecule has 1 aliphatic rings. The highest BCUT2D eigenvalue weighted by Gasteiger charge is 2.14. The molecular weight excluding hydrogens is 278 g/mol. The van der Waals surface area contributed by atoms with Gasteiger partial charge in [0, 0.05) is 31.3 Å². The second-order valence-electron chi connectivity index (χ2n) is 5.03. The van der Waals surface area contributed by atoms with Gasteiger partial charge in [0.1, 0.15) is 0 Å². The highest BCUT2D eigenvalue weighted by molar-refractivity contribution is 6.31. The Morgan fingerprint density at radius 2 is 2.15 bits per heavy atom. The van der Waals surface area contributed by atoms with E-state index in [1.807, 2.05) is 24.3 Å². The van der Waals surface area contributed by atoms with Gasteiger partial charge in [-0.2, -0.15) is 0 Å². The normalized spacial score (nSPS) is 18.7. The monoisotopic (exact) mass is 299 g/mol. The first-order valence-corrected chi connectivity index (χ1v) is 7.43. The molecular formula is C15H22ClNO3. The fraction of sp³-hybridized carbons (Fsp3) is 0.600. The molecule has 1 saturated heterocycles. The summed E-state index contributed by atoms with van der Waals surface area (Å²) in [4.78, 5) is 2.22. The molecule has 4 nitrogen and oxygen atoms in total. The number of ether oxygens (including phenoxy) is 2. The number of halogens is 1. The van der Waals surface area contributed by atoms with Crippen LogP contribution in [0, 0.1) is 0 Å². The summed E-state index contributed by atoms with van der Waals surface area (Å²) in [5.41, 5.74) is 0.949. The molecule has 0 aliphatic carbocycles. The van der Waals surface area contributed by atoms with Crippen molar-refractivity contribution < 1.29 is 14.6 Å². The first-order chi connectivity index (χ1) is 9.75. The van der Waals surface area contributed by atoms with Crippen molar-refractivity contribution in [1.82, 2.24) is 4.90 Å². The first-order valence-electron chi connectivity index (χ1n) is 7.05. The quantitative estimate of drug-likeness (QED) is 0.872. The summed E-state index contributed by atoms with van der Waals surface area (Å²) < 4.78 is 10.9. The molecule has 1 fully saturated rings. The highest BCUT2D eigenvalue weighted by Crippen LogP contribution is 2.15. The molecule has 5 heteroatoms. The summed E-state index contributed by atoms with van der Waals surface area (Å²) >= 11 is 6.05. The summed E-state index contributed by atoms with van der Waals surface area (Å²) in [6, 6.07) is 7.59. The van der Waals surface area contributed by atoms with Crippen molar-refractivity contribution in [1.29, 1.82) is 0 Å². The molecule has 20 heavy (non-hydrogen) atoms. The van der Waals surface area contributed by atoms with Crippen LogP contribution in [0.5, 0.6) is 0 Å². The topological polar surface area (TPSA) is 41.9 Å². The van der Waals surface area contributed by atoms with E-state index < -0.39 is 6.10 Å². The van der Waals surface area contributed by atoms with Crippen LogP contribution >= 0.6 is 11.6 Å². The van der Waals surface area contributed by atoms with Crippen molar-refractivity contribution >= 4 is 11.6 Å². The van der Waals surface area contributed by atoms with Gasteiger partial charge in [0.2, 0.25) is 0 Å². The van der Waals surface area contributed by atoms with Gasteiger partial charge in [-0.25, -0.2) is 0 Å². The summed E-state index contributed by atoms with van der Waals surface area (Å²) in [5.74, 6) is 0. The SMILES string of the molecule is OC(COCc1ccccc1Cl)CN1CCCOCC1. The van der Waals surface area contributed by atoms with Crippen LogP contribution in [0.3, 0.4) is 0 Å². The maximum atomic E-state index is 10.0. The van der Waals surface area contributed by atoms with E-state index in [2.05, 4.69) is 4.90 Å². The average molecular weight is 300 g/mol. The van der Waals surface area contributed by atoms with E-state index in [1.165, 1.54) is 0 Å². The molecule has 1 heterocycles. The minimum absolute atomic E-state index is 0.322. The zero-order chi connectivity index (χ0) is 14.2. The Balaban J connectivity index is 1.67. The smallest absolute Gasteiger partial charge is 0.0900 e. The minimum atomic E-state index is -0.476. The summed E-state index contributed by atoms with van der Waals surface area (Å²) in [7, 11) is 0. The number of hydrogen-bond acceptors (Lipinski definition) is 4. The third-order valence-electron chi connectivity index (χ3n) is 3.31. The van der Waals surface area contributed by atoms with Crippen LogP contribution < -0.4 is 0 Å². The lowest BCUT2D eigenvalue weighted by Gasteiger charge is -2.22. The van der Waals surface area contributed by atoms with E-state index >= 15 is 0 Å². The van der Waals surface area contributed by atoms with Crippen LogP contribution in [-0.4, -0.2) is 55.6 Å². The molecule has 1 aromatic rings. The van der Waals surface area contributed by atoms with Crippen molar-refractivity contribution in [2.24, 2.45) is 0 Å². The Hall–Kier alpha value is -0.650. The van der Waals surface area contributed by atoms with Gasteiger partial charge >= 0.3 is 0 Å². The maximum Gasteiger partial charge on any atom is 0.0900 e. The number of benzene rings is 1. The Kier molecular flexibility index (Phi) is 6.76. The van der Waals surface area contributed by atoms with Crippen molar-refractivity contribution in [2.75, 3.05) is 39.5 Å². The molecule has 1 atom stereocenters. The number of β-amino-alcohol motifs (C(OH)–C–C–N with tert-alkyl or cyclic N) is 1. The van der Waals surface area contributed by atoms with Crippen LogP contribution in [-0.2, 0) is 16.1 Å². The summed E-state index contributed by atoms with van der Waals surface area (Å²) in [6.07, 6.45) is 0.545. The number of rotatable bonds is 6. The van der Waals surface area contributed by atoms with Gasteiger partial charge in [-0.15, -0.1) is 0 Å². The van der Waals surface area contributed by atoms with Crippen molar-refractivity contribution in [2.45, 2.75) is 19.1 Å². The van der Waals surface area contributed by atoms with Crippen LogP contribution in [0.1, 0.15) is 12.0 Å². The fourth-order valence-corrected chi connectivity index (χ4v) is 2.44. The molecule has 0 aromatic heterocycles. The number of nitrogens with zero attached hydrogens (tertiary/aromatic N) is 1. The molecule has 0 amide bonds. The van der Waals surface area contributed by atoms with Crippen molar-refractivity contribution in [3.63, 3.8) is 0 Å². The minimum Gasteiger partial charge on any atom is -0.389 e. The van der Waals surface area contributed by atoms with Gasteiger partial charge in [0.25, 0.3) is 0 Å². The highest BCUT2D eigenvalue weighted by atomic mass is 35.5. The second kappa shape index (κ2) is 8.60. The van der Waals surface area contributed by atoms with Gasteiger partial charge < -0.3 is 14.6 Å². The Morgan fingerprint density at radius 3 is 3.00 bits per heavy atom. The lowest BCUT2D eigenvalue weighted by molar-refractivity contribution is 0.00962. The lowest BCUT2D eigenvalue weighted by atomic mass is 10.2. The molecule has 1 N–H and O–H groups in total. The average Bonchev–Trinajstić information content (AvgIpc) is 2.69. The number of aliphatic hydroxyl groups is 1. The van der Waals surface area contributed by atoms with E-state index in [0.717, 1.165) is 38.3 Å². The molecule has 0 saturated carbocycles. The summed E-state index contributed by atoms with van der Waals surface area (Å²) in [5, 5.41) is 10.7. The van der Waals surface area contributed by atoms with Crippen LogP contribution in [0.25, 0.3) is 0 Å². The van der Waals surface area contributed by atoms with Gasteiger partial charge in [0.05, 0.1) is 25.9 Å². The second-order valence-corrected chi connectivity index (χ2v) is 5.43. The van der Waals surface area contributed by atoms with Gasteiger partial charge in [-0.3, -0.25) is 4.90 Å². The van der Waals surface area contributed by atoms with E-state index in [1.54, 1.807) is 0 Å². The first kappa shape index (κ1) is 15.7. The zero-order valence-corrected chi connectivity index (χ0v) is 12.4. The Morgan fingerprint density at radius 1 is 1.30 bits per heavy atom. The van der Waals surface area contributed by atoms with E-state index in [-0.39, 0.29) is 0 Å². The Bertz CT molecular complexity index is 394. The predicted molar refractivity (Wildman–Crippen MR) is 79.0 cm³/mol. The summed E-state index contributed by atoms with van der Waals surface area (Å²) in [6.45, 7) is 4.79. The van der Waals surface area contributed by atoms with Crippen molar-refractivity contribution in [3.05, 3.63) is 34.9 Å². The molecule has 0 bridgehead atoms. The third-order valence-corrected chi connectivity index (χ3v) is 3.68. The van der Waals surface area contributed by atoms with Gasteiger partial charge in [-0.1, -0.05) is 29.8 Å². The van der Waals surface area contributed by atoms with Gasteiger partial charge in [-0.05, 0) is 18.1 Å². The standard InChI is InChI=1S/C15H22ClNO3/c16-15-5-2-1-4-13(15)11-20-12-14(18)10-17-6-3-8-19-9-7-17/h1-2,4-5,14,18H,3,6-12H2. The largest absolute Gasteiger partial charge is 0.389 e. The van der Waals surface area contributed by atoms with Crippen LogP contribution in [0.15, 0.2) is 24.3 Å². The molecule has 2 rings (SSSR count).